The average molecular weight is 320 g/mol. The molecule has 0 saturated heterocycles. The molecule has 0 fully saturated rings. The summed E-state index contributed by atoms with van der Waals surface area (Å²) in [5.74, 6) is -0.743. The number of halogens is 1. The molecule has 21 heavy (non-hydrogen) atoms. The van der Waals surface area contributed by atoms with Crippen LogP contribution in [0.25, 0.3) is 0 Å². The third-order valence-corrected chi connectivity index (χ3v) is 2.52. The van der Waals surface area contributed by atoms with E-state index >= 15 is 0 Å². The fourth-order valence-corrected chi connectivity index (χ4v) is 1.60. The number of carbonyl (C=O) groups is 1. The lowest BCUT2D eigenvalue weighted by molar-refractivity contribution is 0.0636. The van der Waals surface area contributed by atoms with E-state index in [-0.39, 0.29) is 11.3 Å². The molecule has 0 heterocycles. The summed E-state index contributed by atoms with van der Waals surface area (Å²) in [6.45, 7) is 4.56. The van der Waals surface area contributed by atoms with E-state index in [2.05, 4.69) is 14.6 Å². The van der Waals surface area contributed by atoms with Gasteiger partial charge in [0.25, 0.3) is 0 Å². The summed E-state index contributed by atoms with van der Waals surface area (Å²) in [6, 6.07) is 3.67. The lowest BCUT2D eigenvalue weighted by atomic mass is 10.2. The molecule has 0 aliphatic heterocycles. The second kappa shape index (κ2) is 6.37. The zero-order valence-electron chi connectivity index (χ0n) is 11.8. The van der Waals surface area contributed by atoms with Crippen LogP contribution in [0.15, 0.2) is 18.2 Å². The number of carbonyl (C=O) groups excluding carboxylic acids is 1. The summed E-state index contributed by atoms with van der Waals surface area (Å²) >= 11 is 0. The molecule has 9 heteroatoms. The molecule has 1 amide bonds. The van der Waals surface area contributed by atoms with E-state index in [4.69, 9.17) is 4.74 Å². The predicted octanol–water partition coefficient (Wildman–Crippen LogP) is 1.89. The molecule has 118 valence electrons. The van der Waals surface area contributed by atoms with Gasteiger partial charge >= 0.3 is 16.4 Å². The first-order valence-electron chi connectivity index (χ1n) is 5.92. The first-order valence-corrected chi connectivity index (χ1v) is 7.39. The highest BCUT2D eigenvalue weighted by Crippen LogP contribution is 2.17. The van der Waals surface area contributed by atoms with Gasteiger partial charge in [0.2, 0.25) is 0 Å². The molecule has 3 N–H and O–H groups in total. The Kier molecular flexibility index (Phi) is 5.26. The van der Waals surface area contributed by atoms with Crippen LogP contribution < -0.4 is 10.5 Å². The molecule has 7 nitrogen and oxygen atoms in total. The van der Waals surface area contributed by atoms with Crippen LogP contribution in [0.5, 0.6) is 0 Å². The third-order valence-electron chi connectivity index (χ3n) is 2.08. The smallest absolute Gasteiger partial charge is 0.412 e. The molecular weight excluding hydrogens is 303 g/mol. The van der Waals surface area contributed by atoms with Gasteiger partial charge in [0.15, 0.2) is 0 Å². The Morgan fingerprint density at radius 1 is 1.38 bits per heavy atom. The Morgan fingerprint density at radius 3 is 2.48 bits per heavy atom. The second-order valence-electron chi connectivity index (χ2n) is 5.19. The van der Waals surface area contributed by atoms with Crippen LogP contribution in [0.3, 0.4) is 0 Å². The molecule has 0 radical (unpaired) electrons. The Morgan fingerprint density at radius 2 is 2.00 bits per heavy atom. The topological polar surface area (TPSA) is 108 Å². The van der Waals surface area contributed by atoms with Gasteiger partial charge in [-0.25, -0.2) is 14.3 Å². The summed E-state index contributed by atoms with van der Waals surface area (Å²) in [7, 11) is -4.14. The number of hydrogen-bond donors (Lipinski definition) is 2. The Bertz CT molecular complexity index is 625. The molecule has 0 saturated carbocycles. The number of nitrogens with two attached hydrogens (primary N) is 1. The summed E-state index contributed by atoms with van der Waals surface area (Å²) in [5.41, 5.74) is -0.522. The van der Waals surface area contributed by atoms with Gasteiger partial charge in [-0.15, -0.1) is 0 Å². The molecule has 1 aromatic rings. The quantitative estimate of drug-likeness (QED) is 0.881. The van der Waals surface area contributed by atoms with Crippen LogP contribution in [0, 0.1) is 5.82 Å². The molecule has 0 atom stereocenters. The highest BCUT2D eigenvalue weighted by atomic mass is 32.2. The molecule has 0 aliphatic carbocycles. The first-order chi connectivity index (χ1) is 9.46. The third kappa shape index (κ3) is 7.02. The molecule has 1 aromatic carbocycles. The van der Waals surface area contributed by atoms with Gasteiger partial charge in [-0.3, -0.25) is 9.50 Å². The summed E-state index contributed by atoms with van der Waals surface area (Å²) in [4.78, 5) is 11.5. The minimum atomic E-state index is -4.14. The van der Waals surface area contributed by atoms with Crippen molar-refractivity contribution in [2.75, 3.05) is 5.32 Å². The van der Waals surface area contributed by atoms with Gasteiger partial charge < -0.3 is 4.74 Å². The minimum Gasteiger partial charge on any atom is -0.444 e. The number of ether oxygens (including phenoxy) is 1. The van der Waals surface area contributed by atoms with Crippen molar-refractivity contribution >= 4 is 22.1 Å². The minimum absolute atomic E-state index is 0.0150. The number of amides is 1. The Labute approximate surface area is 122 Å². The number of benzene rings is 1. The molecule has 1 rings (SSSR count). The summed E-state index contributed by atoms with van der Waals surface area (Å²) in [5, 5.41) is 7.00. The van der Waals surface area contributed by atoms with Crippen molar-refractivity contribution in [3.63, 3.8) is 0 Å². The Balaban J connectivity index is 2.72. The normalized spacial score (nSPS) is 12.0. The van der Waals surface area contributed by atoms with E-state index in [0.717, 1.165) is 6.07 Å². The monoisotopic (exact) mass is 320 g/mol. The predicted molar refractivity (Wildman–Crippen MR) is 74.2 cm³/mol. The summed E-state index contributed by atoms with van der Waals surface area (Å²) < 4.78 is 44.2. The largest absolute Gasteiger partial charge is 0.444 e. The van der Waals surface area contributed by atoms with Crippen LogP contribution in [0.4, 0.5) is 14.9 Å². The molecule has 0 bridgehead atoms. The van der Waals surface area contributed by atoms with Crippen LogP contribution in [0.1, 0.15) is 26.3 Å². The molecule has 0 aliphatic rings. The van der Waals surface area contributed by atoms with Crippen molar-refractivity contribution in [2.24, 2.45) is 5.14 Å². The van der Waals surface area contributed by atoms with Crippen LogP contribution in [-0.4, -0.2) is 20.1 Å². The Hall–Kier alpha value is -1.71. The second-order valence-corrected chi connectivity index (χ2v) is 6.41. The van der Waals surface area contributed by atoms with Gasteiger partial charge in [0.1, 0.15) is 11.4 Å². The molecule has 0 unspecified atom stereocenters. The maximum absolute atomic E-state index is 13.7. The van der Waals surface area contributed by atoms with E-state index < -0.39 is 34.4 Å². The van der Waals surface area contributed by atoms with Gasteiger partial charge in [0.05, 0.1) is 6.61 Å². The SMILES string of the molecule is CC(C)(C)OC(=O)Nc1ccc(COS(N)(=O)=O)c(F)c1. The number of nitrogens with one attached hydrogen (secondary N) is 1. The van der Waals surface area contributed by atoms with Gasteiger partial charge in [0, 0.05) is 11.3 Å². The molecule has 0 spiro atoms. The van der Waals surface area contributed by atoms with Crippen molar-refractivity contribution in [1.82, 2.24) is 0 Å². The van der Waals surface area contributed by atoms with Crippen molar-refractivity contribution in [1.29, 1.82) is 0 Å². The van der Waals surface area contributed by atoms with Gasteiger partial charge in [-0.05, 0) is 32.9 Å². The lowest BCUT2D eigenvalue weighted by Crippen LogP contribution is -2.27. The van der Waals surface area contributed by atoms with E-state index in [1.165, 1.54) is 12.1 Å². The van der Waals surface area contributed by atoms with Gasteiger partial charge in [-0.1, -0.05) is 6.07 Å². The standard InChI is InChI=1S/C12H17FN2O5S/c1-12(2,3)20-11(16)15-9-5-4-8(10(13)6-9)7-19-21(14,17)18/h4-6H,7H2,1-3H3,(H,15,16)(H2,14,17,18). The lowest BCUT2D eigenvalue weighted by Gasteiger charge is -2.19. The van der Waals surface area contributed by atoms with E-state index in [1.807, 2.05) is 0 Å². The van der Waals surface area contributed by atoms with Crippen molar-refractivity contribution in [3.05, 3.63) is 29.6 Å². The fraction of sp³-hybridized carbons (Fsp3) is 0.417. The number of hydrogen-bond acceptors (Lipinski definition) is 5. The van der Waals surface area contributed by atoms with Crippen LogP contribution >= 0.6 is 0 Å². The van der Waals surface area contributed by atoms with Crippen LogP contribution in [-0.2, 0) is 25.8 Å². The van der Waals surface area contributed by atoms with Crippen molar-refractivity contribution in [2.45, 2.75) is 33.0 Å². The van der Waals surface area contributed by atoms with E-state index in [9.17, 15) is 17.6 Å². The number of rotatable bonds is 4. The highest BCUT2D eigenvalue weighted by Gasteiger charge is 2.16. The maximum atomic E-state index is 13.7. The van der Waals surface area contributed by atoms with E-state index in [0.29, 0.717) is 0 Å². The number of anilines is 1. The van der Waals surface area contributed by atoms with Crippen molar-refractivity contribution in [3.8, 4) is 0 Å². The van der Waals surface area contributed by atoms with E-state index in [1.54, 1.807) is 20.8 Å². The zero-order valence-corrected chi connectivity index (χ0v) is 12.7. The summed E-state index contributed by atoms with van der Waals surface area (Å²) in [6.07, 6.45) is -0.726. The first kappa shape index (κ1) is 17.3. The van der Waals surface area contributed by atoms with Gasteiger partial charge in [-0.2, -0.15) is 8.42 Å². The van der Waals surface area contributed by atoms with Crippen LogP contribution in [0.2, 0.25) is 0 Å². The fourth-order valence-electron chi connectivity index (χ4n) is 1.31. The van der Waals surface area contributed by atoms with Crippen molar-refractivity contribution < 1.29 is 26.5 Å². The maximum Gasteiger partial charge on any atom is 0.412 e. The highest BCUT2D eigenvalue weighted by molar-refractivity contribution is 7.84. The molecule has 0 aromatic heterocycles. The molecular formula is C12H17FN2O5S. The zero-order chi connectivity index (χ0) is 16.3. The average Bonchev–Trinajstić information content (AvgIpc) is 2.23.